The Morgan fingerprint density at radius 1 is 0.758 bits per heavy atom. The number of amides is 4. The summed E-state index contributed by atoms with van der Waals surface area (Å²) in [6.07, 6.45) is 3.53. The first-order valence-corrected chi connectivity index (χ1v) is 10.6. The number of aromatic nitrogens is 1. The van der Waals surface area contributed by atoms with Crippen LogP contribution in [0.1, 0.15) is 11.1 Å². The normalized spacial score (nSPS) is 15.7. The Balaban J connectivity index is 1.60. The molecular formula is C27H21N3O3. The first kappa shape index (κ1) is 20.5. The molecule has 0 atom stereocenters. The molecule has 6 nitrogen and oxygen atoms in total. The number of imide groups is 2. The number of rotatable bonds is 4. The maximum atomic E-state index is 13.3. The van der Waals surface area contributed by atoms with Crippen LogP contribution in [0.25, 0.3) is 17.0 Å². The number of carbonyl (C=O) groups is 3. The van der Waals surface area contributed by atoms with E-state index in [4.69, 9.17) is 0 Å². The Kier molecular flexibility index (Phi) is 5.11. The van der Waals surface area contributed by atoms with Gasteiger partial charge in [0.15, 0.2) is 0 Å². The molecule has 4 amide bonds. The predicted molar refractivity (Wildman–Crippen MR) is 128 cm³/mol. The minimum atomic E-state index is -0.667. The maximum absolute atomic E-state index is 13.3. The van der Waals surface area contributed by atoms with Crippen molar-refractivity contribution in [1.29, 1.82) is 0 Å². The van der Waals surface area contributed by atoms with Crippen molar-refractivity contribution < 1.29 is 14.4 Å². The van der Waals surface area contributed by atoms with Gasteiger partial charge >= 0.3 is 6.03 Å². The van der Waals surface area contributed by atoms with Gasteiger partial charge in [-0.2, -0.15) is 0 Å². The smallest absolute Gasteiger partial charge is 0.338 e. The van der Waals surface area contributed by atoms with Gasteiger partial charge in [-0.15, -0.1) is 0 Å². The van der Waals surface area contributed by atoms with Gasteiger partial charge in [-0.1, -0.05) is 66.7 Å². The van der Waals surface area contributed by atoms with Crippen molar-refractivity contribution in [2.24, 2.45) is 0 Å². The van der Waals surface area contributed by atoms with Crippen molar-refractivity contribution in [3.63, 3.8) is 0 Å². The summed E-state index contributed by atoms with van der Waals surface area (Å²) in [5, 5.41) is 0.923. The standard InChI is InChI=1S/C27H21N3O3/c1-28-25(31)23(26(32)30(27(28)33)21-12-6-3-7-13-21)16-20-18-29(17-19-10-4-2-5-11-19)24-15-9-8-14-22(20)24/h2-16,18H,17H2,1H3/b23-16+. The number of likely N-dealkylation sites (N-methyl/N-ethyl adjacent to an activating group) is 1. The maximum Gasteiger partial charge on any atom is 0.338 e. The number of anilines is 1. The van der Waals surface area contributed by atoms with E-state index in [0.717, 1.165) is 31.8 Å². The quantitative estimate of drug-likeness (QED) is 0.345. The van der Waals surface area contributed by atoms with Crippen LogP contribution in [-0.4, -0.2) is 34.4 Å². The van der Waals surface area contributed by atoms with E-state index in [1.54, 1.807) is 36.4 Å². The second kappa shape index (κ2) is 8.24. The number of para-hydroxylation sites is 2. The number of fused-ring (bicyclic) bond motifs is 1. The number of benzene rings is 3. The monoisotopic (exact) mass is 435 g/mol. The van der Waals surface area contributed by atoms with Gasteiger partial charge in [0.1, 0.15) is 5.57 Å². The van der Waals surface area contributed by atoms with Crippen LogP contribution in [0.2, 0.25) is 0 Å². The largest absolute Gasteiger partial charge is 0.342 e. The average molecular weight is 435 g/mol. The molecule has 5 rings (SSSR count). The number of carbonyl (C=O) groups excluding carboxylic acids is 3. The van der Waals surface area contributed by atoms with Crippen molar-refractivity contribution >= 4 is 40.5 Å². The second-order valence-electron chi connectivity index (χ2n) is 7.90. The Morgan fingerprint density at radius 2 is 1.39 bits per heavy atom. The van der Waals surface area contributed by atoms with E-state index >= 15 is 0 Å². The van der Waals surface area contributed by atoms with Crippen molar-refractivity contribution in [2.45, 2.75) is 6.54 Å². The molecular weight excluding hydrogens is 414 g/mol. The predicted octanol–water partition coefficient (Wildman–Crippen LogP) is 4.70. The molecule has 0 saturated carbocycles. The third-order valence-electron chi connectivity index (χ3n) is 5.78. The fraction of sp³-hybridized carbons (Fsp3) is 0.0741. The highest BCUT2D eigenvalue weighted by atomic mass is 16.2. The van der Waals surface area contributed by atoms with Gasteiger partial charge in [-0.25, -0.2) is 9.69 Å². The summed E-state index contributed by atoms with van der Waals surface area (Å²) in [4.78, 5) is 41.0. The average Bonchev–Trinajstić information content (AvgIpc) is 3.19. The van der Waals surface area contributed by atoms with Gasteiger partial charge in [0.25, 0.3) is 11.8 Å². The van der Waals surface area contributed by atoms with Gasteiger partial charge in [-0.3, -0.25) is 14.5 Å². The molecule has 2 heterocycles. The minimum absolute atomic E-state index is 0.0523. The van der Waals surface area contributed by atoms with E-state index < -0.39 is 17.8 Å². The summed E-state index contributed by atoms with van der Waals surface area (Å²) in [6.45, 7) is 0.654. The molecule has 1 fully saturated rings. The van der Waals surface area contributed by atoms with Crippen molar-refractivity contribution in [3.05, 3.63) is 108 Å². The number of urea groups is 1. The summed E-state index contributed by atoms with van der Waals surface area (Å²) in [6, 6.07) is 25.9. The lowest BCUT2D eigenvalue weighted by Gasteiger charge is -2.31. The highest BCUT2D eigenvalue weighted by Crippen LogP contribution is 2.28. The molecule has 162 valence electrons. The first-order valence-electron chi connectivity index (χ1n) is 10.6. The van der Waals surface area contributed by atoms with Crippen molar-refractivity contribution in [1.82, 2.24) is 9.47 Å². The summed E-state index contributed by atoms with van der Waals surface area (Å²) >= 11 is 0. The molecule has 0 unspecified atom stereocenters. The molecule has 1 aromatic heterocycles. The highest BCUT2D eigenvalue weighted by Gasteiger charge is 2.41. The van der Waals surface area contributed by atoms with Crippen LogP contribution in [0, 0.1) is 0 Å². The first-order chi connectivity index (χ1) is 16.0. The van der Waals surface area contributed by atoms with Gasteiger partial charge in [-0.05, 0) is 29.8 Å². The Bertz CT molecular complexity index is 1400. The number of hydrogen-bond acceptors (Lipinski definition) is 3. The lowest BCUT2D eigenvalue weighted by atomic mass is 10.1. The van der Waals surface area contributed by atoms with E-state index in [1.165, 1.54) is 7.05 Å². The number of nitrogens with zero attached hydrogens (tertiary/aromatic N) is 3. The van der Waals surface area contributed by atoms with E-state index in [1.807, 2.05) is 48.7 Å². The van der Waals surface area contributed by atoms with Crippen molar-refractivity contribution in [3.8, 4) is 0 Å². The molecule has 0 N–H and O–H groups in total. The summed E-state index contributed by atoms with van der Waals surface area (Å²) in [7, 11) is 1.39. The summed E-state index contributed by atoms with van der Waals surface area (Å²) in [5.74, 6) is -1.24. The van der Waals surface area contributed by atoms with Crippen LogP contribution in [0.4, 0.5) is 10.5 Å². The molecule has 0 spiro atoms. The van der Waals surface area contributed by atoms with Crippen LogP contribution in [-0.2, 0) is 16.1 Å². The van der Waals surface area contributed by atoms with Crippen LogP contribution in [0.3, 0.4) is 0 Å². The third-order valence-corrected chi connectivity index (χ3v) is 5.78. The molecule has 0 radical (unpaired) electrons. The zero-order valence-corrected chi connectivity index (χ0v) is 18.0. The van der Waals surface area contributed by atoms with Gasteiger partial charge < -0.3 is 4.57 Å². The van der Waals surface area contributed by atoms with Crippen LogP contribution in [0.15, 0.2) is 96.7 Å². The van der Waals surface area contributed by atoms with Gasteiger partial charge in [0.05, 0.1) is 5.69 Å². The molecule has 0 aliphatic carbocycles. The third kappa shape index (κ3) is 3.61. The van der Waals surface area contributed by atoms with Crippen LogP contribution >= 0.6 is 0 Å². The SMILES string of the molecule is CN1C(=O)/C(=C\c2cn(Cc3ccccc3)c3ccccc23)C(=O)N(c2ccccc2)C1=O. The lowest BCUT2D eigenvalue weighted by molar-refractivity contribution is -0.128. The lowest BCUT2D eigenvalue weighted by Crippen LogP contribution is -2.55. The molecule has 1 saturated heterocycles. The van der Waals surface area contributed by atoms with Gasteiger partial charge in [0, 0.05) is 36.3 Å². The van der Waals surface area contributed by atoms with E-state index in [0.29, 0.717) is 12.2 Å². The summed E-state index contributed by atoms with van der Waals surface area (Å²) < 4.78 is 2.10. The molecule has 1 aliphatic heterocycles. The Labute approximate surface area is 191 Å². The molecule has 0 bridgehead atoms. The van der Waals surface area contributed by atoms with E-state index in [9.17, 15) is 14.4 Å². The number of barbiturate groups is 1. The second-order valence-corrected chi connectivity index (χ2v) is 7.90. The molecule has 4 aromatic rings. The fourth-order valence-electron chi connectivity index (χ4n) is 4.10. The van der Waals surface area contributed by atoms with Crippen molar-refractivity contribution in [2.75, 3.05) is 11.9 Å². The zero-order valence-electron chi connectivity index (χ0n) is 18.0. The zero-order chi connectivity index (χ0) is 22.9. The number of hydrogen-bond donors (Lipinski definition) is 0. The molecule has 33 heavy (non-hydrogen) atoms. The van der Waals surface area contributed by atoms with Gasteiger partial charge in [0.2, 0.25) is 0 Å². The molecule has 3 aromatic carbocycles. The molecule has 1 aliphatic rings. The topological polar surface area (TPSA) is 62.6 Å². The summed E-state index contributed by atoms with van der Waals surface area (Å²) in [5.41, 5.74) is 3.25. The van der Waals surface area contributed by atoms with E-state index in [-0.39, 0.29) is 5.57 Å². The van der Waals surface area contributed by atoms with Crippen LogP contribution in [0.5, 0.6) is 0 Å². The van der Waals surface area contributed by atoms with E-state index in [2.05, 4.69) is 16.7 Å². The molecule has 6 heteroatoms. The van der Waals surface area contributed by atoms with Crippen LogP contribution < -0.4 is 4.90 Å². The highest BCUT2D eigenvalue weighted by molar-refractivity contribution is 6.39. The fourth-order valence-corrected chi connectivity index (χ4v) is 4.10. The minimum Gasteiger partial charge on any atom is -0.342 e. The Morgan fingerprint density at radius 3 is 2.12 bits per heavy atom. The Hall–Kier alpha value is -4.45.